The van der Waals surface area contributed by atoms with Gasteiger partial charge in [-0.3, -0.25) is 10.1 Å². The zero-order valence-corrected chi connectivity index (χ0v) is 17.4. The van der Waals surface area contributed by atoms with Gasteiger partial charge in [0.25, 0.3) is 11.6 Å². The lowest BCUT2D eigenvalue weighted by Gasteiger charge is -2.47. The number of carbonyl (C=O) groups excluding carboxylic acids is 1. The number of anilines is 1. The number of fused-ring (bicyclic) bond motifs is 2. The van der Waals surface area contributed by atoms with Crippen LogP contribution < -0.4 is 10.6 Å². The van der Waals surface area contributed by atoms with E-state index in [2.05, 4.69) is 32.7 Å². The first-order valence-electron chi connectivity index (χ1n) is 10.9. The third-order valence-electron chi connectivity index (χ3n) is 6.75. The van der Waals surface area contributed by atoms with E-state index in [-0.39, 0.29) is 29.3 Å². The zero-order valence-electron chi connectivity index (χ0n) is 17.4. The molecule has 0 spiro atoms. The van der Waals surface area contributed by atoms with Gasteiger partial charge in [-0.05, 0) is 51.6 Å². The monoisotopic (exact) mass is 426 g/mol. The van der Waals surface area contributed by atoms with Crippen LogP contribution in [0.1, 0.15) is 56.7 Å². The second-order valence-corrected chi connectivity index (χ2v) is 8.89. The molecule has 0 unspecified atom stereocenters. The molecular weight excluding hydrogens is 400 g/mol. The molecule has 1 saturated carbocycles. The number of hydrogen-bond donors (Lipinski definition) is 2. The van der Waals surface area contributed by atoms with Crippen molar-refractivity contribution < 1.29 is 14.2 Å². The van der Waals surface area contributed by atoms with Crippen molar-refractivity contribution in [3.8, 4) is 11.5 Å². The summed E-state index contributed by atoms with van der Waals surface area (Å²) in [6.07, 6.45) is 7.44. The zero-order chi connectivity index (χ0) is 21.5. The van der Waals surface area contributed by atoms with Crippen LogP contribution in [0.4, 0.5) is 16.2 Å². The fourth-order valence-electron chi connectivity index (χ4n) is 4.86. The molecule has 2 bridgehead atoms. The Morgan fingerprint density at radius 3 is 2.65 bits per heavy atom. The molecule has 1 aromatic heterocycles. The summed E-state index contributed by atoms with van der Waals surface area (Å²) in [4.78, 5) is 30.4. The largest absolute Gasteiger partial charge is 0.335 e. The summed E-state index contributed by atoms with van der Waals surface area (Å²) in [5.74, 6) is 1.21. The van der Waals surface area contributed by atoms with Crippen LogP contribution >= 0.6 is 0 Å². The van der Waals surface area contributed by atoms with Crippen molar-refractivity contribution in [2.45, 2.75) is 69.0 Å². The molecule has 1 aromatic carbocycles. The molecule has 31 heavy (non-hydrogen) atoms. The number of non-ortho nitro benzene ring substituents is 1. The summed E-state index contributed by atoms with van der Waals surface area (Å²) in [6.45, 7) is 0. The number of carbonyl (C=O) groups is 1. The Bertz CT molecular complexity index is 990. The third-order valence-corrected chi connectivity index (χ3v) is 6.75. The second kappa shape index (κ2) is 7.92. The first kappa shape index (κ1) is 19.9. The highest BCUT2D eigenvalue weighted by Crippen LogP contribution is 2.40. The predicted octanol–water partition coefficient (Wildman–Crippen LogP) is 3.66. The molecule has 10 nitrogen and oxygen atoms in total. The van der Waals surface area contributed by atoms with Gasteiger partial charge >= 0.3 is 6.03 Å². The molecule has 2 aliphatic heterocycles. The number of nitro groups is 1. The molecule has 2 amide bonds. The van der Waals surface area contributed by atoms with Crippen molar-refractivity contribution >= 4 is 17.4 Å². The Labute approximate surface area is 179 Å². The molecule has 3 aliphatic rings. The van der Waals surface area contributed by atoms with E-state index in [9.17, 15) is 14.9 Å². The van der Waals surface area contributed by atoms with Crippen LogP contribution in [0.3, 0.4) is 0 Å². The molecule has 2 aromatic rings. The maximum atomic E-state index is 12.8. The summed E-state index contributed by atoms with van der Waals surface area (Å²) in [5, 5.41) is 21.1. The summed E-state index contributed by atoms with van der Waals surface area (Å²) < 4.78 is 5.38. The smallest absolute Gasteiger partial charge is 0.319 e. The van der Waals surface area contributed by atoms with Crippen molar-refractivity contribution in [3.63, 3.8) is 0 Å². The fourth-order valence-corrected chi connectivity index (χ4v) is 4.86. The Morgan fingerprint density at radius 2 is 1.97 bits per heavy atom. The minimum absolute atomic E-state index is 0.0820. The average molecular weight is 426 g/mol. The number of nitrogens with one attached hydrogen (secondary N) is 2. The number of urea groups is 1. The van der Waals surface area contributed by atoms with Gasteiger partial charge in [-0.25, -0.2) is 4.79 Å². The normalized spacial score (nSPS) is 25.8. The summed E-state index contributed by atoms with van der Waals surface area (Å²) >= 11 is 0. The Kier molecular flexibility index (Phi) is 5.09. The van der Waals surface area contributed by atoms with Crippen LogP contribution in [0.2, 0.25) is 0 Å². The molecular formula is C21H26N6O4. The minimum Gasteiger partial charge on any atom is -0.335 e. The standard InChI is InChI=1S/C21H26N6O4/c1-26-14-3-2-4-15(26)10-13(9-14)22-21(28)23-18-11-16(27(29)30)7-8-17(18)20-24-19(25-31-20)12-5-6-12/h7-8,11-15H,2-6,9-10H2,1H3,(H2,22,23,28)/t13-,14+,15-. The Morgan fingerprint density at radius 1 is 1.23 bits per heavy atom. The number of nitrogens with zero attached hydrogens (tertiary/aromatic N) is 4. The number of nitro benzene ring substituents is 1. The molecule has 2 saturated heterocycles. The van der Waals surface area contributed by atoms with Gasteiger partial charge in [0.05, 0.1) is 16.2 Å². The highest BCUT2D eigenvalue weighted by molar-refractivity contribution is 5.94. The summed E-state index contributed by atoms with van der Waals surface area (Å²) in [7, 11) is 2.17. The Balaban J connectivity index is 1.33. The average Bonchev–Trinajstić information content (AvgIpc) is 3.46. The van der Waals surface area contributed by atoms with E-state index in [4.69, 9.17) is 4.52 Å². The summed E-state index contributed by atoms with van der Waals surface area (Å²) in [5.41, 5.74) is 0.640. The van der Waals surface area contributed by atoms with E-state index >= 15 is 0 Å². The van der Waals surface area contributed by atoms with E-state index in [1.807, 2.05) is 0 Å². The van der Waals surface area contributed by atoms with Gasteiger partial charge in [0.2, 0.25) is 0 Å². The van der Waals surface area contributed by atoms with E-state index in [0.29, 0.717) is 29.4 Å². The predicted molar refractivity (Wildman–Crippen MR) is 113 cm³/mol. The molecule has 2 N–H and O–H groups in total. The SMILES string of the molecule is CN1[C@@H]2CCC[C@H]1C[C@@H](NC(=O)Nc1cc([N+](=O)[O-])ccc1-c1nc(C3CC3)no1)C2. The van der Waals surface area contributed by atoms with Crippen LogP contribution in [-0.2, 0) is 0 Å². The molecule has 10 heteroatoms. The van der Waals surface area contributed by atoms with Gasteiger partial charge in [0.15, 0.2) is 5.82 Å². The molecule has 164 valence electrons. The van der Waals surface area contributed by atoms with E-state index in [1.165, 1.54) is 24.6 Å². The van der Waals surface area contributed by atoms with Crippen molar-refractivity contribution in [1.29, 1.82) is 0 Å². The van der Waals surface area contributed by atoms with Crippen molar-refractivity contribution in [2.75, 3.05) is 12.4 Å². The van der Waals surface area contributed by atoms with Gasteiger partial charge in [0.1, 0.15) is 0 Å². The minimum atomic E-state index is -0.492. The van der Waals surface area contributed by atoms with Crippen LogP contribution in [-0.4, -0.2) is 51.2 Å². The number of benzene rings is 1. The molecule has 0 radical (unpaired) electrons. The number of aromatic nitrogens is 2. The van der Waals surface area contributed by atoms with E-state index in [1.54, 1.807) is 0 Å². The van der Waals surface area contributed by atoms with E-state index in [0.717, 1.165) is 38.5 Å². The lowest BCUT2D eigenvalue weighted by Crippen LogP contribution is -2.55. The van der Waals surface area contributed by atoms with Crippen molar-refractivity contribution in [3.05, 3.63) is 34.1 Å². The quantitative estimate of drug-likeness (QED) is 0.552. The van der Waals surface area contributed by atoms with Crippen LogP contribution in [0.15, 0.2) is 22.7 Å². The van der Waals surface area contributed by atoms with Crippen molar-refractivity contribution in [2.24, 2.45) is 0 Å². The molecule has 3 atom stereocenters. The topological polar surface area (TPSA) is 126 Å². The number of piperidine rings is 2. The maximum Gasteiger partial charge on any atom is 0.319 e. The number of hydrogen-bond acceptors (Lipinski definition) is 7. The molecule has 1 aliphatic carbocycles. The Hall–Kier alpha value is -3.01. The summed E-state index contributed by atoms with van der Waals surface area (Å²) in [6, 6.07) is 4.93. The molecule has 3 heterocycles. The van der Waals surface area contributed by atoms with Gasteiger partial charge in [-0.2, -0.15) is 4.98 Å². The van der Waals surface area contributed by atoms with Gasteiger partial charge in [0, 0.05) is 36.2 Å². The first-order chi connectivity index (χ1) is 15.0. The maximum absolute atomic E-state index is 12.8. The first-order valence-corrected chi connectivity index (χ1v) is 10.9. The van der Waals surface area contributed by atoms with Gasteiger partial charge in [-0.1, -0.05) is 11.6 Å². The van der Waals surface area contributed by atoms with Crippen LogP contribution in [0.5, 0.6) is 0 Å². The highest BCUT2D eigenvalue weighted by Gasteiger charge is 2.36. The highest BCUT2D eigenvalue weighted by atomic mass is 16.6. The van der Waals surface area contributed by atoms with Gasteiger partial charge in [-0.15, -0.1) is 0 Å². The second-order valence-electron chi connectivity index (χ2n) is 8.89. The van der Waals surface area contributed by atoms with Crippen LogP contribution in [0.25, 0.3) is 11.5 Å². The number of amides is 2. The van der Waals surface area contributed by atoms with Crippen molar-refractivity contribution in [1.82, 2.24) is 20.4 Å². The van der Waals surface area contributed by atoms with Crippen LogP contribution in [0, 0.1) is 10.1 Å². The fraction of sp³-hybridized carbons (Fsp3) is 0.571. The molecule has 3 fully saturated rings. The lowest BCUT2D eigenvalue weighted by atomic mass is 9.82. The third kappa shape index (κ3) is 4.12. The lowest BCUT2D eigenvalue weighted by molar-refractivity contribution is -0.384. The van der Waals surface area contributed by atoms with E-state index < -0.39 is 4.92 Å². The molecule has 5 rings (SSSR count). The number of rotatable bonds is 5. The van der Waals surface area contributed by atoms with Gasteiger partial charge < -0.3 is 20.1 Å².